The predicted octanol–water partition coefficient (Wildman–Crippen LogP) is 1.69. The van der Waals surface area contributed by atoms with E-state index >= 15 is 0 Å². The number of hydrogen-bond donors (Lipinski definition) is 3. The van der Waals surface area contributed by atoms with Crippen molar-refractivity contribution in [2.24, 2.45) is 11.7 Å². The number of nitrogens with one attached hydrogen (secondary N) is 1. The molecule has 0 saturated heterocycles. The number of carboxylic acids is 1. The Morgan fingerprint density at radius 1 is 1.30 bits per heavy atom. The highest BCUT2D eigenvalue weighted by molar-refractivity contribution is 5.76. The molecule has 0 aromatic heterocycles. The van der Waals surface area contributed by atoms with Crippen LogP contribution in [0.1, 0.15) is 37.8 Å². The number of hydrogen-bond acceptors (Lipinski definition) is 3. The standard InChI is InChI=1S/C15H22N2O3/c1-11(10-16)9-14(18)17-13(7-8-15(19)20)12-5-3-2-4-6-12/h2-6,11,13H,7-10,16H2,1H3,(H,17,18)(H,19,20). The van der Waals surface area contributed by atoms with E-state index in [0.717, 1.165) is 5.56 Å². The van der Waals surface area contributed by atoms with Crippen molar-refractivity contribution >= 4 is 11.9 Å². The van der Waals surface area contributed by atoms with Gasteiger partial charge in [-0.25, -0.2) is 0 Å². The van der Waals surface area contributed by atoms with Crippen molar-refractivity contribution in [3.05, 3.63) is 35.9 Å². The Balaban J connectivity index is 2.68. The third-order valence-corrected chi connectivity index (χ3v) is 3.12. The van der Waals surface area contributed by atoms with Crippen LogP contribution in [-0.2, 0) is 9.59 Å². The summed E-state index contributed by atoms with van der Waals surface area (Å²) in [6.07, 6.45) is 0.751. The minimum atomic E-state index is -0.865. The van der Waals surface area contributed by atoms with Crippen molar-refractivity contribution in [1.82, 2.24) is 5.32 Å². The first kappa shape index (κ1) is 16.2. The number of rotatable bonds is 8. The summed E-state index contributed by atoms with van der Waals surface area (Å²) in [5, 5.41) is 11.7. The van der Waals surface area contributed by atoms with E-state index in [2.05, 4.69) is 5.32 Å². The van der Waals surface area contributed by atoms with E-state index in [4.69, 9.17) is 10.8 Å². The molecule has 2 unspecified atom stereocenters. The lowest BCUT2D eigenvalue weighted by molar-refractivity contribution is -0.137. The lowest BCUT2D eigenvalue weighted by Crippen LogP contribution is -2.31. The molecule has 0 saturated carbocycles. The summed E-state index contributed by atoms with van der Waals surface area (Å²) < 4.78 is 0. The number of benzene rings is 1. The molecular weight excluding hydrogens is 256 g/mol. The largest absolute Gasteiger partial charge is 0.481 e. The van der Waals surface area contributed by atoms with Crippen LogP contribution < -0.4 is 11.1 Å². The molecule has 0 aliphatic carbocycles. The first-order valence-electron chi connectivity index (χ1n) is 6.79. The number of carbonyl (C=O) groups excluding carboxylic acids is 1. The van der Waals surface area contributed by atoms with Gasteiger partial charge in [-0.1, -0.05) is 37.3 Å². The SMILES string of the molecule is CC(CN)CC(=O)NC(CCC(=O)O)c1ccccc1. The zero-order chi connectivity index (χ0) is 15.0. The Hall–Kier alpha value is -1.88. The van der Waals surface area contributed by atoms with Crippen LogP contribution in [0.5, 0.6) is 0 Å². The Kier molecular flexibility index (Phi) is 6.73. The zero-order valence-electron chi connectivity index (χ0n) is 11.7. The van der Waals surface area contributed by atoms with Gasteiger partial charge in [-0.3, -0.25) is 9.59 Å². The van der Waals surface area contributed by atoms with E-state index in [9.17, 15) is 9.59 Å². The van der Waals surface area contributed by atoms with Gasteiger partial charge in [0.05, 0.1) is 6.04 Å². The van der Waals surface area contributed by atoms with E-state index in [0.29, 0.717) is 19.4 Å². The zero-order valence-corrected chi connectivity index (χ0v) is 11.7. The third-order valence-electron chi connectivity index (χ3n) is 3.12. The number of amides is 1. The second kappa shape index (κ2) is 8.32. The highest BCUT2D eigenvalue weighted by Crippen LogP contribution is 2.18. The lowest BCUT2D eigenvalue weighted by atomic mass is 10.0. The van der Waals surface area contributed by atoms with E-state index in [1.165, 1.54) is 0 Å². The molecule has 110 valence electrons. The van der Waals surface area contributed by atoms with Gasteiger partial charge >= 0.3 is 5.97 Å². The average molecular weight is 278 g/mol. The molecule has 1 aromatic rings. The number of carbonyl (C=O) groups is 2. The smallest absolute Gasteiger partial charge is 0.303 e. The maximum absolute atomic E-state index is 11.9. The van der Waals surface area contributed by atoms with E-state index in [-0.39, 0.29) is 24.3 Å². The molecule has 0 spiro atoms. The molecule has 2 atom stereocenters. The Labute approximate surface area is 119 Å². The molecule has 0 radical (unpaired) electrons. The monoisotopic (exact) mass is 278 g/mol. The van der Waals surface area contributed by atoms with Crippen molar-refractivity contribution < 1.29 is 14.7 Å². The predicted molar refractivity (Wildman–Crippen MR) is 77.0 cm³/mol. The molecule has 1 rings (SSSR count). The second-order valence-corrected chi connectivity index (χ2v) is 5.01. The number of nitrogens with two attached hydrogens (primary N) is 1. The van der Waals surface area contributed by atoms with Gasteiger partial charge in [0.25, 0.3) is 0 Å². The molecule has 5 heteroatoms. The number of carboxylic acid groups (broad SMARTS) is 1. The molecule has 1 aromatic carbocycles. The van der Waals surface area contributed by atoms with Crippen molar-refractivity contribution in [2.75, 3.05) is 6.54 Å². The second-order valence-electron chi connectivity index (χ2n) is 5.01. The van der Waals surface area contributed by atoms with Gasteiger partial charge in [-0.15, -0.1) is 0 Å². The van der Waals surface area contributed by atoms with Crippen LogP contribution in [0.15, 0.2) is 30.3 Å². The van der Waals surface area contributed by atoms with Crippen molar-refractivity contribution in [3.63, 3.8) is 0 Å². The molecule has 4 N–H and O–H groups in total. The van der Waals surface area contributed by atoms with Crippen LogP contribution in [0, 0.1) is 5.92 Å². The minimum Gasteiger partial charge on any atom is -0.481 e. The van der Waals surface area contributed by atoms with Crippen LogP contribution >= 0.6 is 0 Å². The average Bonchev–Trinajstić information content (AvgIpc) is 2.44. The van der Waals surface area contributed by atoms with Crippen LogP contribution in [0.25, 0.3) is 0 Å². The molecule has 1 amide bonds. The summed E-state index contributed by atoms with van der Waals surface area (Å²) in [6.45, 7) is 2.37. The van der Waals surface area contributed by atoms with E-state index in [1.807, 2.05) is 37.3 Å². The van der Waals surface area contributed by atoms with Gasteiger partial charge in [0.2, 0.25) is 5.91 Å². The molecule has 0 heterocycles. The van der Waals surface area contributed by atoms with Gasteiger partial charge in [0, 0.05) is 12.8 Å². The first-order chi connectivity index (χ1) is 9.52. The first-order valence-corrected chi connectivity index (χ1v) is 6.79. The summed E-state index contributed by atoms with van der Waals surface area (Å²) >= 11 is 0. The molecular formula is C15H22N2O3. The van der Waals surface area contributed by atoms with Crippen LogP contribution in [-0.4, -0.2) is 23.5 Å². The van der Waals surface area contributed by atoms with Gasteiger partial charge in [-0.05, 0) is 24.4 Å². The summed E-state index contributed by atoms with van der Waals surface area (Å²) in [7, 11) is 0. The Bertz CT molecular complexity index is 434. The molecule has 20 heavy (non-hydrogen) atoms. The Morgan fingerprint density at radius 2 is 1.95 bits per heavy atom. The van der Waals surface area contributed by atoms with Crippen LogP contribution in [0.4, 0.5) is 0 Å². The molecule has 0 aliphatic rings. The topological polar surface area (TPSA) is 92.4 Å². The third kappa shape index (κ3) is 5.84. The van der Waals surface area contributed by atoms with Crippen molar-refractivity contribution in [1.29, 1.82) is 0 Å². The maximum Gasteiger partial charge on any atom is 0.303 e. The molecule has 0 fully saturated rings. The van der Waals surface area contributed by atoms with Crippen LogP contribution in [0.3, 0.4) is 0 Å². The fraction of sp³-hybridized carbons (Fsp3) is 0.467. The van der Waals surface area contributed by atoms with Gasteiger partial charge in [0.1, 0.15) is 0 Å². The molecule has 0 aliphatic heterocycles. The van der Waals surface area contributed by atoms with Crippen molar-refractivity contribution in [2.45, 2.75) is 32.2 Å². The fourth-order valence-corrected chi connectivity index (χ4v) is 1.93. The maximum atomic E-state index is 11.9. The number of aliphatic carboxylic acids is 1. The minimum absolute atomic E-state index is 0.0201. The van der Waals surface area contributed by atoms with Gasteiger partial charge < -0.3 is 16.2 Å². The molecule has 5 nitrogen and oxygen atoms in total. The van der Waals surface area contributed by atoms with Gasteiger partial charge in [0.15, 0.2) is 0 Å². The quantitative estimate of drug-likeness (QED) is 0.674. The normalized spacial score (nSPS) is 13.5. The summed E-state index contributed by atoms with van der Waals surface area (Å²) in [6, 6.07) is 9.13. The summed E-state index contributed by atoms with van der Waals surface area (Å²) in [4.78, 5) is 22.6. The summed E-state index contributed by atoms with van der Waals surface area (Å²) in [5.74, 6) is -0.844. The highest BCUT2D eigenvalue weighted by Gasteiger charge is 2.17. The fourth-order valence-electron chi connectivity index (χ4n) is 1.93. The van der Waals surface area contributed by atoms with Crippen molar-refractivity contribution in [3.8, 4) is 0 Å². The van der Waals surface area contributed by atoms with Crippen LogP contribution in [0.2, 0.25) is 0 Å². The van der Waals surface area contributed by atoms with E-state index in [1.54, 1.807) is 0 Å². The molecule has 0 bridgehead atoms. The summed E-state index contributed by atoms with van der Waals surface area (Å²) in [5.41, 5.74) is 6.42. The Morgan fingerprint density at radius 3 is 2.50 bits per heavy atom. The van der Waals surface area contributed by atoms with E-state index < -0.39 is 5.97 Å². The highest BCUT2D eigenvalue weighted by atomic mass is 16.4. The lowest BCUT2D eigenvalue weighted by Gasteiger charge is -2.19. The van der Waals surface area contributed by atoms with Gasteiger partial charge in [-0.2, -0.15) is 0 Å².